The van der Waals surface area contributed by atoms with Crippen molar-refractivity contribution in [3.8, 4) is 22.5 Å². The average molecular weight is 662 g/mol. The van der Waals surface area contributed by atoms with Gasteiger partial charge < -0.3 is 10.6 Å². The van der Waals surface area contributed by atoms with Gasteiger partial charge in [-0.05, 0) is 74.9 Å². The van der Waals surface area contributed by atoms with E-state index in [1.165, 1.54) is 0 Å². The summed E-state index contributed by atoms with van der Waals surface area (Å²) in [5.41, 5.74) is 3.15. The number of halogens is 2. The van der Waals surface area contributed by atoms with Crippen molar-refractivity contribution in [2.24, 2.45) is 10.9 Å². The lowest BCUT2D eigenvalue weighted by Crippen LogP contribution is -2.15. The van der Waals surface area contributed by atoms with Crippen LogP contribution in [0.15, 0.2) is 95.3 Å². The lowest BCUT2D eigenvalue weighted by atomic mass is 9.99. The van der Waals surface area contributed by atoms with Crippen LogP contribution in [0.1, 0.15) is 35.7 Å². The lowest BCUT2D eigenvalue weighted by Gasteiger charge is -2.10. The summed E-state index contributed by atoms with van der Waals surface area (Å²) in [6, 6.07) is 17.2. The van der Waals surface area contributed by atoms with Crippen molar-refractivity contribution in [3.63, 3.8) is 0 Å². The van der Waals surface area contributed by atoms with Crippen LogP contribution in [-0.4, -0.2) is 54.2 Å². The molecule has 0 saturated carbocycles. The zero-order valence-corrected chi connectivity index (χ0v) is 26.7. The number of aromatic amines is 1. The number of Topliss-reactive ketones (excluding diaryl/α,β-unsaturated/α-hetero) is 1. The van der Waals surface area contributed by atoms with E-state index in [-0.39, 0.29) is 29.4 Å². The Morgan fingerprint density at radius 1 is 0.870 bits per heavy atom. The molecule has 3 aromatic heterocycles. The monoisotopic (exact) mass is 660 g/mol. The maximum absolute atomic E-state index is 12.2. The molecule has 2 aromatic carbocycles. The molecule has 0 spiro atoms. The number of nitrogens with zero attached hydrogens (tertiary/aromatic N) is 6. The maximum atomic E-state index is 12.2. The minimum Gasteiger partial charge on any atom is -0.466 e. The first-order valence-corrected chi connectivity index (χ1v) is 14.5. The van der Waals surface area contributed by atoms with E-state index in [1.54, 1.807) is 87.2 Å². The van der Waals surface area contributed by atoms with Crippen LogP contribution in [0, 0.1) is 6.92 Å². The third-order valence-corrected chi connectivity index (χ3v) is 6.45. The fraction of sp³-hybridized carbons (Fsp3) is 0.156. The van der Waals surface area contributed by atoms with Crippen LogP contribution in [0.25, 0.3) is 22.5 Å². The smallest absolute Gasteiger partial charge is 0.313 e. The molecule has 0 aliphatic rings. The van der Waals surface area contributed by atoms with E-state index in [0.29, 0.717) is 50.7 Å². The van der Waals surface area contributed by atoms with Gasteiger partial charge in [-0.2, -0.15) is 10.2 Å². The number of hydrazone groups is 1. The number of rotatable bonds is 7. The Morgan fingerprint density at radius 2 is 1.41 bits per heavy atom. The molecule has 0 amide bonds. The van der Waals surface area contributed by atoms with Gasteiger partial charge in [-0.25, -0.2) is 25.0 Å². The van der Waals surface area contributed by atoms with E-state index >= 15 is 0 Å². The van der Waals surface area contributed by atoms with E-state index in [0.717, 1.165) is 5.56 Å². The lowest BCUT2D eigenvalue weighted by molar-refractivity contribution is -0.142. The van der Waals surface area contributed by atoms with Crippen LogP contribution < -0.4 is 11.4 Å². The minimum absolute atomic E-state index is 0.147. The number of aromatic nitrogens is 6. The first-order chi connectivity index (χ1) is 22.1. The molecule has 236 valence electrons. The van der Waals surface area contributed by atoms with Gasteiger partial charge in [-0.15, -0.1) is 0 Å². The molecule has 5 aromatic rings. The van der Waals surface area contributed by atoms with Gasteiger partial charge in [-0.3, -0.25) is 14.4 Å². The molecule has 0 fully saturated rings. The van der Waals surface area contributed by atoms with Crippen LogP contribution in [0.4, 0.5) is 0 Å². The molecule has 0 radical (unpaired) electrons. The summed E-state index contributed by atoms with van der Waals surface area (Å²) in [6.45, 7) is 5.55. The normalized spacial score (nSPS) is 10.5. The number of carbonyl (C=O) groups is 2. The van der Waals surface area contributed by atoms with Gasteiger partial charge >= 0.3 is 5.97 Å². The van der Waals surface area contributed by atoms with E-state index in [1.807, 2.05) is 19.1 Å². The fourth-order valence-electron chi connectivity index (χ4n) is 3.78. The Labute approximate surface area is 274 Å². The van der Waals surface area contributed by atoms with Crippen LogP contribution >= 0.6 is 23.2 Å². The number of hydrogen-bond donors (Lipinski definition) is 2. The van der Waals surface area contributed by atoms with E-state index in [4.69, 9.17) is 33.8 Å². The van der Waals surface area contributed by atoms with Crippen molar-refractivity contribution in [2.45, 2.75) is 27.2 Å². The van der Waals surface area contributed by atoms with Gasteiger partial charge in [-0.1, -0.05) is 35.3 Å². The number of nitrogens with two attached hydrogens (primary N) is 1. The number of aryl methyl sites for hydroxylation is 1. The molecule has 0 unspecified atom stereocenters. The Bertz CT molecular complexity index is 1820. The third-order valence-electron chi connectivity index (χ3n) is 5.94. The summed E-state index contributed by atoms with van der Waals surface area (Å²) < 4.78 is 4.73. The molecule has 0 bridgehead atoms. The number of ether oxygens (including phenoxy) is 1. The molecular weight excluding hydrogens is 631 g/mol. The maximum Gasteiger partial charge on any atom is 0.313 e. The Hall–Kier alpha value is -5.33. The summed E-state index contributed by atoms with van der Waals surface area (Å²) >= 11 is 11.6. The Balaban J connectivity index is 0.000000200. The highest BCUT2D eigenvalue weighted by molar-refractivity contribution is 6.45. The third kappa shape index (κ3) is 10.4. The second kappa shape index (κ2) is 17.8. The second-order valence-electron chi connectivity index (χ2n) is 9.16. The van der Waals surface area contributed by atoms with Crippen molar-refractivity contribution < 1.29 is 14.3 Å². The highest BCUT2D eigenvalue weighted by Crippen LogP contribution is 2.29. The van der Waals surface area contributed by atoms with Crippen LogP contribution in [-0.2, 0) is 16.0 Å². The highest BCUT2D eigenvalue weighted by Gasteiger charge is 2.17. The first kappa shape index (κ1) is 35.2. The van der Waals surface area contributed by atoms with Gasteiger partial charge in [0, 0.05) is 46.0 Å². The van der Waals surface area contributed by atoms with Crippen molar-refractivity contribution in [3.05, 3.63) is 123 Å². The molecule has 3 N–H and O–H groups in total. The molecule has 0 saturated heterocycles. The van der Waals surface area contributed by atoms with Crippen LogP contribution in [0.5, 0.6) is 0 Å². The molecule has 0 aliphatic carbocycles. The summed E-state index contributed by atoms with van der Waals surface area (Å²) in [5, 5.41) is 11.1. The van der Waals surface area contributed by atoms with E-state index < -0.39 is 0 Å². The van der Waals surface area contributed by atoms with E-state index in [2.05, 4.69) is 35.2 Å². The number of nitrogens with one attached hydrogen (secondary N) is 1. The quantitative estimate of drug-likeness (QED) is 0.0765. The highest BCUT2D eigenvalue weighted by atomic mass is 35.5. The van der Waals surface area contributed by atoms with Crippen molar-refractivity contribution in [1.82, 2.24) is 30.1 Å². The Kier molecular flexibility index (Phi) is 13.6. The topological polar surface area (TPSA) is 179 Å². The Morgan fingerprint density at radius 3 is 1.96 bits per heavy atom. The zero-order chi connectivity index (χ0) is 33.5. The minimum atomic E-state index is -0.322. The predicted molar refractivity (Wildman–Crippen MR) is 177 cm³/mol. The number of hydrogen-bond acceptors (Lipinski definition) is 11. The standard InChI is InChI=1S/C15H11ClN4O.C9H9ClN2O.C8H10N2O2/c1-9-12(10-3-5-11(16)6-4-10)13(15(21)20-19-9)14-17-7-2-8-18-14;1-6(12-11)9(13)7-2-4-8(10)5-3-7;1-2-12-8(11)6-7-9-4-3-5-10-7/h2-8H,1H3,(H,20,21);2-5H,11H2,1H3;3-5H,2,6H2,1H3/b;12-6-;. The SMILES string of the molecule is C/C(=N/N)C(=O)c1ccc(Cl)cc1.CCOC(=O)Cc1ncccn1.Cc1n[nH]c(=O)c(-c2ncccn2)c1-c1ccc(Cl)cc1. The molecule has 0 atom stereocenters. The molecule has 14 heteroatoms. The predicted octanol–water partition coefficient (Wildman–Crippen LogP) is 5.30. The zero-order valence-electron chi connectivity index (χ0n) is 25.1. The van der Waals surface area contributed by atoms with Gasteiger partial charge in [0.15, 0.2) is 5.82 Å². The summed E-state index contributed by atoms with van der Waals surface area (Å²) in [7, 11) is 0. The number of ketones is 1. The first-order valence-electron chi connectivity index (χ1n) is 13.7. The largest absolute Gasteiger partial charge is 0.466 e. The molecular formula is C32H30Cl2N8O4. The van der Waals surface area contributed by atoms with Crippen LogP contribution in [0.3, 0.4) is 0 Å². The summed E-state index contributed by atoms with van der Waals surface area (Å²) in [6.07, 6.45) is 6.55. The number of H-pyrrole nitrogens is 1. The number of benzene rings is 2. The van der Waals surface area contributed by atoms with Crippen molar-refractivity contribution in [2.75, 3.05) is 6.61 Å². The summed E-state index contributed by atoms with van der Waals surface area (Å²) in [4.78, 5) is 50.7. The van der Waals surface area contributed by atoms with Gasteiger partial charge in [0.05, 0.1) is 17.9 Å². The van der Waals surface area contributed by atoms with Crippen molar-refractivity contribution >= 4 is 40.7 Å². The van der Waals surface area contributed by atoms with Gasteiger partial charge in [0.2, 0.25) is 5.78 Å². The van der Waals surface area contributed by atoms with Crippen molar-refractivity contribution in [1.29, 1.82) is 0 Å². The molecule has 3 heterocycles. The fourth-order valence-corrected chi connectivity index (χ4v) is 4.04. The van der Waals surface area contributed by atoms with E-state index in [9.17, 15) is 14.4 Å². The number of carbonyl (C=O) groups excluding carboxylic acids is 2. The van der Waals surface area contributed by atoms with Gasteiger partial charge in [0.1, 0.15) is 18.0 Å². The van der Waals surface area contributed by atoms with Gasteiger partial charge in [0.25, 0.3) is 5.56 Å². The molecule has 12 nitrogen and oxygen atoms in total. The van der Waals surface area contributed by atoms with Crippen LogP contribution in [0.2, 0.25) is 10.0 Å². The average Bonchev–Trinajstić information content (AvgIpc) is 3.07. The molecule has 0 aliphatic heterocycles. The molecule has 5 rings (SSSR count). The summed E-state index contributed by atoms with van der Waals surface area (Å²) in [5.74, 6) is 5.38. The number of esters is 1. The second-order valence-corrected chi connectivity index (χ2v) is 10.0. The molecule has 46 heavy (non-hydrogen) atoms.